The number of unbranched alkanes of at least 4 members (excludes halogenated alkanes) is 1. The first kappa shape index (κ1) is 82.1. The van der Waals surface area contributed by atoms with Gasteiger partial charge in [-0.05, 0) is 79.1 Å². The van der Waals surface area contributed by atoms with Crippen LogP contribution in [0.15, 0.2) is 146 Å². The van der Waals surface area contributed by atoms with Crippen molar-refractivity contribution in [1.82, 2.24) is 63.5 Å². The van der Waals surface area contributed by atoms with E-state index in [1.165, 1.54) is 13.8 Å². The number of aliphatic hydroxyl groups is 3. The fourth-order valence-electron chi connectivity index (χ4n) is 11.4. The molecule has 1 aromatic heterocycles. The van der Waals surface area contributed by atoms with Crippen molar-refractivity contribution in [1.29, 1.82) is 0 Å². The molecule has 6 aromatic rings. The number of hydrogen-bond acceptors (Lipinski definition) is 19. The molecule has 30 heteroatoms. The largest absolute Gasteiger partial charge is 0.480 e. The summed E-state index contributed by atoms with van der Waals surface area (Å²) < 4.78 is 0. The van der Waals surface area contributed by atoms with E-state index in [-0.39, 0.29) is 69.2 Å². The highest BCUT2D eigenvalue weighted by Crippen LogP contribution is 2.24. The summed E-state index contributed by atoms with van der Waals surface area (Å²) >= 11 is 0. The number of H-pyrrole nitrogens is 1. The Morgan fingerprint density at radius 3 is 1.36 bits per heavy atom. The summed E-state index contributed by atoms with van der Waals surface area (Å²) in [5, 5.41) is 74.3. The van der Waals surface area contributed by atoms with Gasteiger partial charge >= 0.3 is 5.97 Å². The number of carbonyl (C=O) groups excluding carboxylic acids is 9. The van der Waals surface area contributed by atoms with E-state index >= 15 is 19.2 Å². The lowest BCUT2D eigenvalue weighted by Gasteiger charge is -2.29. The van der Waals surface area contributed by atoms with E-state index in [1.54, 1.807) is 115 Å². The van der Waals surface area contributed by atoms with Gasteiger partial charge in [0.15, 0.2) is 0 Å². The molecular formula is C74H98N14O14S2. The molecule has 560 valence electrons. The van der Waals surface area contributed by atoms with Crippen LogP contribution in [0.25, 0.3) is 10.9 Å². The molecule has 7 rings (SSSR count). The molecule has 1 saturated heterocycles. The zero-order chi connectivity index (χ0) is 75.2. The number of nitrogens with two attached hydrogens (primary N) is 2. The van der Waals surface area contributed by atoms with Gasteiger partial charge in [-0.1, -0.05) is 169 Å². The van der Waals surface area contributed by atoms with Crippen LogP contribution in [0, 0.1) is 0 Å². The molecule has 2 heterocycles. The lowest BCUT2D eigenvalue weighted by Crippen LogP contribution is -2.63. The van der Waals surface area contributed by atoms with Gasteiger partial charge in [0.2, 0.25) is 53.2 Å². The highest BCUT2D eigenvalue weighted by Gasteiger charge is 2.38. The van der Waals surface area contributed by atoms with Gasteiger partial charge in [0.05, 0.1) is 30.9 Å². The van der Waals surface area contributed by atoms with Crippen LogP contribution < -0.4 is 70.0 Å². The maximum atomic E-state index is 15.5. The summed E-state index contributed by atoms with van der Waals surface area (Å²) in [4.78, 5) is 149. The second kappa shape index (κ2) is 41.9. The minimum absolute atomic E-state index is 0.0637. The number of aromatic amines is 1. The van der Waals surface area contributed by atoms with E-state index < -0.39 is 144 Å². The molecule has 104 heavy (non-hydrogen) atoms. The minimum atomic E-state index is -1.84. The molecule has 0 bridgehead atoms. The zero-order valence-corrected chi connectivity index (χ0v) is 60.3. The molecule has 1 aliphatic heterocycles. The summed E-state index contributed by atoms with van der Waals surface area (Å²) in [5.74, 6) is -9.69. The molecule has 0 aliphatic carbocycles. The molecule has 0 spiro atoms. The van der Waals surface area contributed by atoms with Gasteiger partial charge in [0, 0.05) is 79.8 Å². The second-order valence-corrected chi connectivity index (χ2v) is 28.7. The third kappa shape index (κ3) is 26.2. The average molecular weight is 1470 g/mol. The Morgan fingerprint density at radius 2 is 0.894 bits per heavy atom. The van der Waals surface area contributed by atoms with Crippen molar-refractivity contribution >= 4 is 91.6 Å². The molecule has 0 unspecified atom stereocenters. The van der Waals surface area contributed by atoms with Crippen molar-refractivity contribution in [2.24, 2.45) is 11.5 Å². The Balaban J connectivity index is 1.31. The Kier molecular flexibility index (Phi) is 33.1. The number of aliphatic hydroxyl groups excluding tert-OH is 3. The van der Waals surface area contributed by atoms with Crippen molar-refractivity contribution in [3.05, 3.63) is 179 Å². The molecule has 13 atom stereocenters. The van der Waals surface area contributed by atoms with E-state index in [0.717, 1.165) is 27.2 Å². The summed E-state index contributed by atoms with van der Waals surface area (Å²) in [6, 6.07) is 24.3. The number of nitrogens with one attached hydrogen (secondary N) is 12. The third-order valence-corrected chi connectivity index (χ3v) is 19.8. The Bertz CT molecular complexity index is 3780. The van der Waals surface area contributed by atoms with Gasteiger partial charge in [-0.25, -0.2) is 0 Å². The lowest BCUT2D eigenvalue weighted by atomic mass is 9.99. The van der Waals surface area contributed by atoms with Gasteiger partial charge in [-0.3, -0.25) is 47.9 Å². The van der Waals surface area contributed by atoms with E-state index in [9.17, 15) is 49.2 Å². The molecule has 0 radical (unpaired) electrons. The molecule has 20 N–H and O–H groups in total. The van der Waals surface area contributed by atoms with Crippen molar-refractivity contribution in [2.75, 3.05) is 31.2 Å². The number of fused-ring (bicyclic) bond motifs is 1. The van der Waals surface area contributed by atoms with E-state index in [0.29, 0.717) is 58.1 Å². The minimum Gasteiger partial charge on any atom is -0.480 e. The van der Waals surface area contributed by atoms with Crippen LogP contribution >= 0.6 is 21.6 Å². The first-order valence-electron chi connectivity index (χ1n) is 34.7. The van der Waals surface area contributed by atoms with Crippen LogP contribution in [0.4, 0.5) is 0 Å². The van der Waals surface area contributed by atoms with Crippen LogP contribution in [0.2, 0.25) is 0 Å². The van der Waals surface area contributed by atoms with Gasteiger partial charge in [-0.2, -0.15) is 0 Å². The van der Waals surface area contributed by atoms with Crippen molar-refractivity contribution < 1.29 is 68.4 Å². The maximum Gasteiger partial charge on any atom is 0.321 e. The molecule has 5 aromatic carbocycles. The quantitative estimate of drug-likeness (QED) is 0.0338. The number of carboxylic acid groups (broad SMARTS) is 1. The summed E-state index contributed by atoms with van der Waals surface area (Å²) in [7, 11) is 2.10. The molecule has 0 saturated carbocycles. The van der Waals surface area contributed by atoms with Crippen LogP contribution in [0.3, 0.4) is 0 Å². The number of amides is 9. The molecule has 28 nitrogen and oxygen atoms in total. The standard InChI is InChI=1S/C74H98N14O14S2/c1-43(2)77-37-50-29-27-49(28-30-50)35-59-70(97)88-64(45(4)91)73(100)86-60(34-48-22-12-7-13-23-48)71(98)87-63(44(3)90)72(99)80-52(40-89)39-79-62(74(101)102)42-104-103-41-54(76)65(92)81-56(26-16-17-31-75)66(93)82-57(32-46-18-8-5-9-19-46)67(94)83-58(33-47-20-10-6-11-21-47)68(95)85-61(69(96)84-59)36-51-38-78-55-25-15-14-24-53(51)55/h5-15,18-25,27-30,38,43-45,52,54,56-64,77-79,89-91H,16-17,26,31-37,39-42,75-76H2,1-4H3,(H,80,99)(H,81,92)(H,82,93)(H,83,94)(H,84,96)(H,85,95)(H,86,100)(H,87,98)(H,88,97)(H,101,102)/t44-,45-,52-,54+,56-,57+,58+,59-,60+,61+,62+,63-,64-/m1/s1. The zero-order valence-electron chi connectivity index (χ0n) is 58.7. The Morgan fingerprint density at radius 1 is 0.490 bits per heavy atom. The lowest BCUT2D eigenvalue weighted by molar-refractivity contribution is -0.139. The van der Waals surface area contributed by atoms with E-state index in [1.807, 2.05) is 44.2 Å². The number of rotatable bonds is 21. The summed E-state index contributed by atoms with van der Waals surface area (Å²) in [6.45, 7) is 6.10. The van der Waals surface area contributed by atoms with E-state index in [2.05, 4.69) is 63.5 Å². The smallest absolute Gasteiger partial charge is 0.321 e. The predicted octanol–water partition coefficient (Wildman–Crippen LogP) is 0.190. The number of para-hydroxylation sites is 1. The molecular weight excluding hydrogens is 1370 g/mol. The Labute approximate surface area is 612 Å². The first-order valence-corrected chi connectivity index (χ1v) is 37.2. The number of carbonyl (C=O) groups is 10. The van der Waals surface area contributed by atoms with Crippen LogP contribution in [0.5, 0.6) is 0 Å². The first-order chi connectivity index (χ1) is 49.9. The topological polar surface area (TPSA) is 452 Å². The van der Waals surface area contributed by atoms with Gasteiger partial charge in [-0.15, -0.1) is 0 Å². The van der Waals surface area contributed by atoms with Crippen molar-refractivity contribution in [3.8, 4) is 0 Å². The number of carboxylic acids is 1. The van der Waals surface area contributed by atoms with Crippen LogP contribution in [-0.4, -0.2) is 200 Å². The molecule has 1 fully saturated rings. The average Bonchev–Trinajstić information content (AvgIpc) is 1.52. The Hall–Kier alpha value is -9.24. The van der Waals surface area contributed by atoms with Gasteiger partial charge in [0.25, 0.3) is 0 Å². The highest BCUT2D eigenvalue weighted by atomic mass is 33.1. The fourth-order valence-corrected chi connectivity index (χ4v) is 13.8. The normalized spacial score (nSPS) is 23.9. The van der Waals surface area contributed by atoms with Gasteiger partial charge in [0.1, 0.15) is 54.4 Å². The second-order valence-electron chi connectivity index (χ2n) is 26.2. The van der Waals surface area contributed by atoms with Crippen molar-refractivity contribution in [2.45, 2.75) is 170 Å². The fraction of sp³-hybridized carbons (Fsp3) is 0.432. The maximum absolute atomic E-state index is 15.5. The highest BCUT2D eigenvalue weighted by molar-refractivity contribution is 8.76. The molecule has 9 amide bonds. The number of aromatic nitrogens is 1. The monoisotopic (exact) mass is 1470 g/mol. The number of hydrogen-bond donors (Lipinski definition) is 18. The summed E-state index contributed by atoms with van der Waals surface area (Å²) in [6.07, 6.45) is -1.63. The molecule has 1 aliphatic rings. The van der Waals surface area contributed by atoms with Crippen molar-refractivity contribution in [3.63, 3.8) is 0 Å². The van der Waals surface area contributed by atoms with Crippen LogP contribution in [-0.2, 0) is 86.6 Å². The third-order valence-electron chi connectivity index (χ3n) is 17.4. The SMILES string of the molecule is CC(C)NCc1ccc(C[C@H]2NC(=O)[C@H](Cc3c[nH]c4ccccc34)NC(=O)[C@H](Cc3ccccc3)NC(=O)[C@H](Cc3ccccc3)NC(=O)[C@@H](CCCCN)NC(=O)[C@@H](N)CSSC[C@@H](C(=O)O)NC[C@H](CO)NC(=O)[C@@H]([C@@H](C)O)NC(=O)[C@H](Cc3ccccc3)NC(=O)[C@@H]([C@@H](C)O)NC2=O)cc1. The van der Waals surface area contributed by atoms with E-state index in [4.69, 9.17) is 11.5 Å². The van der Waals surface area contributed by atoms with Crippen LogP contribution in [0.1, 0.15) is 80.3 Å². The number of benzene rings is 5. The number of aliphatic carboxylic acids is 1. The van der Waals surface area contributed by atoms with Gasteiger partial charge < -0.3 is 95.4 Å². The summed E-state index contributed by atoms with van der Waals surface area (Å²) in [5.41, 5.74) is 16.7. The predicted molar refractivity (Wildman–Crippen MR) is 398 cm³/mol.